The molecule has 10 heteroatoms. The molecule has 0 amide bonds. The molecule has 0 atom stereocenters. The molecule has 4 aromatic rings. The summed E-state index contributed by atoms with van der Waals surface area (Å²) in [6.45, 7) is -0.665. The van der Waals surface area contributed by atoms with Crippen LogP contribution in [0, 0.1) is 0 Å². The first kappa shape index (κ1) is 30.6. The molecule has 0 spiro atoms. The van der Waals surface area contributed by atoms with Crippen molar-refractivity contribution in [3.8, 4) is 0 Å². The van der Waals surface area contributed by atoms with Crippen molar-refractivity contribution in [1.29, 1.82) is 0 Å². The molecule has 8 nitrogen and oxygen atoms in total. The largest absolute Gasteiger partial charge is 0.481 e. The van der Waals surface area contributed by atoms with Crippen LogP contribution in [0.25, 0.3) is 0 Å². The Balaban J connectivity index is 1.70. The summed E-state index contributed by atoms with van der Waals surface area (Å²) in [7, 11) is -8.94. The van der Waals surface area contributed by atoms with Gasteiger partial charge in [0.05, 0.1) is 32.8 Å². The van der Waals surface area contributed by atoms with Crippen molar-refractivity contribution < 1.29 is 37.1 Å². The van der Waals surface area contributed by atoms with Gasteiger partial charge in [-0.15, -0.1) is 0 Å². The lowest BCUT2D eigenvalue weighted by Gasteiger charge is -2.31. The average molecular weight is 595 g/mol. The molecule has 0 fully saturated rings. The molecule has 0 aromatic heterocycles. The Bertz CT molecular complexity index is 1250. The maximum absolute atomic E-state index is 14.6. The van der Waals surface area contributed by atoms with Gasteiger partial charge < -0.3 is 23.2 Å². The fraction of sp³-hybridized carbons (Fsp3) is 0.194. The third-order valence-electron chi connectivity index (χ3n) is 6.10. The van der Waals surface area contributed by atoms with Crippen LogP contribution in [0.15, 0.2) is 121 Å². The number of rotatable bonds is 16. The van der Waals surface area contributed by atoms with Gasteiger partial charge in [-0.3, -0.25) is 13.9 Å². The van der Waals surface area contributed by atoms with Crippen LogP contribution in [-0.4, -0.2) is 16.5 Å². The Labute approximate surface area is 239 Å². The van der Waals surface area contributed by atoms with Crippen LogP contribution in [0.3, 0.4) is 0 Å². The van der Waals surface area contributed by atoms with Gasteiger partial charge in [-0.05, 0) is 22.3 Å². The molecule has 0 aliphatic rings. The van der Waals surface area contributed by atoms with E-state index in [1.807, 2.05) is 24.3 Å². The van der Waals surface area contributed by atoms with E-state index in [9.17, 15) is 19.0 Å². The molecule has 0 bridgehead atoms. The number of aliphatic carboxylic acids is 1. The number of carboxylic acid groups (broad SMARTS) is 1. The fourth-order valence-electron chi connectivity index (χ4n) is 3.93. The zero-order valence-electron chi connectivity index (χ0n) is 22.4. The summed E-state index contributed by atoms with van der Waals surface area (Å²) in [5.41, 5.74) is 2.71. The highest BCUT2D eigenvalue weighted by molar-refractivity contribution is 7.72. The molecule has 1 N–H and O–H groups in total. The Hall–Kier alpha value is -3.35. The fourth-order valence-corrected chi connectivity index (χ4v) is 9.03. The Morgan fingerprint density at radius 3 is 0.976 bits per heavy atom. The highest BCUT2D eigenvalue weighted by Crippen LogP contribution is 2.72. The van der Waals surface area contributed by atoms with E-state index in [0.717, 1.165) is 0 Å². The van der Waals surface area contributed by atoms with E-state index >= 15 is 0 Å². The SMILES string of the molecule is O=C(O)CC(P(=O)(OCc1ccccc1)OCc1ccccc1)P(=O)(OCc1ccccc1)OCc1ccccc1. The zero-order chi connectivity index (χ0) is 29.0. The molecule has 0 saturated carbocycles. The van der Waals surface area contributed by atoms with Crippen LogP contribution >= 0.6 is 15.2 Å². The topological polar surface area (TPSA) is 108 Å². The van der Waals surface area contributed by atoms with Crippen molar-refractivity contribution in [1.82, 2.24) is 0 Å². The maximum atomic E-state index is 14.6. The van der Waals surface area contributed by atoms with Crippen LogP contribution in [0.5, 0.6) is 0 Å². The lowest BCUT2D eigenvalue weighted by molar-refractivity contribution is -0.136. The highest BCUT2D eigenvalue weighted by atomic mass is 31.2. The molecule has 0 radical (unpaired) electrons. The van der Waals surface area contributed by atoms with E-state index in [2.05, 4.69) is 0 Å². The van der Waals surface area contributed by atoms with Crippen LogP contribution < -0.4 is 0 Å². The van der Waals surface area contributed by atoms with E-state index in [-0.39, 0.29) is 26.4 Å². The molecule has 0 saturated heterocycles. The lowest BCUT2D eigenvalue weighted by Crippen LogP contribution is -2.21. The first-order chi connectivity index (χ1) is 19.9. The number of hydrogen-bond acceptors (Lipinski definition) is 7. The van der Waals surface area contributed by atoms with Gasteiger partial charge in [0, 0.05) is 0 Å². The van der Waals surface area contributed by atoms with E-state index < -0.39 is 33.0 Å². The van der Waals surface area contributed by atoms with Crippen molar-refractivity contribution in [3.63, 3.8) is 0 Å². The standard InChI is InChI=1S/C31H32O8P2/c32-30(33)21-31(40(34,36-22-26-13-5-1-6-14-26)37-23-27-15-7-2-8-16-27)41(35,38-24-28-17-9-3-10-18-28)39-25-29-19-11-4-12-20-29/h1-20,31H,21-25H2,(H,32,33). The molecule has 214 valence electrons. The summed E-state index contributed by atoms with van der Waals surface area (Å²) >= 11 is 0. The summed E-state index contributed by atoms with van der Waals surface area (Å²) in [4.78, 5) is 12.1. The van der Waals surface area contributed by atoms with Gasteiger partial charge in [0.1, 0.15) is 0 Å². The van der Waals surface area contributed by atoms with Crippen LogP contribution in [0.4, 0.5) is 0 Å². The molecular formula is C31H32O8P2. The van der Waals surface area contributed by atoms with Crippen LogP contribution in [0.2, 0.25) is 0 Å². The van der Waals surface area contributed by atoms with Crippen molar-refractivity contribution in [2.45, 2.75) is 38.2 Å². The quantitative estimate of drug-likeness (QED) is 0.130. The zero-order valence-corrected chi connectivity index (χ0v) is 24.1. The minimum Gasteiger partial charge on any atom is -0.481 e. The molecule has 0 aliphatic carbocycles. The monoisotopic (exact) mass is 594 g/mol. The maximum Gasteiger partial charge on any atom is 0.347 e. The van der Waals surface area contributed by atoms with Gasteiger partial charge in [0.2, 0.25) is 0 Å². The van der Waals surface area contributed by atoms with Gasteiger partial charge in [-0.1, -0.05) is 121 Å². The lowest BCUT2D eigenvalue weighted by atomic mass is 10.2. The Morgan fingerprint density at radius 1 is 0.512 bits per heavy atom. The minimum absolute atomic E-state index is 0.166. The third kappa shape index (κ3) is 9.34. The van der Waals surface area contributed by atoms with Gasteiger partial charge in [0.25, 0.3) is 0 Å². The molecule has 4 aromatic carbocycles. The second kappa shape index (κ2) is 15.0. The van der Waals surface area contributed by atoms with Gasteiger partial charge in [-0.2, -0.15) is 0 Å². The molecule has 0 unspecified atom stereocenters. The Morgan fingerprint density at radius 2 is 0.756 bits per heavy atom. The summed E-state index contributed by atoms with van der Waals surface area (Å²) < 4.78 is 52.8. The molecular weight excluding hydrogens is 562 g/mol. The second-order valence-corrected chi connectivity index (χ2v) is 14.0. The van der Waals surface area contributed by atoms with Crippen LogP contribution in [-0.2, 0) is 58.4 Å². The minimum atomic E-state index is -4.47. The third-order valence-corrected chi connectivity index (χ3v) is 11.6. The van der Waals surface area contributed by atoms with E-state index in [1.54, 1.807) is 97.1 Å². The predicted molar refractivity (Wildman–Crippen MR) is 156 cm³/mol. The van der Waals surface area contributed by atoms with Gasteiger partial charge >= 0.3 is 21.2 Å². The summed E-state index contributed by atoms with van der Waals surface area (Å²) in [6, 6.07) is 35.8. The number of carboxylic acids is 1. The van der Waals surface area contributed by atoms with E-state index in [4.69, 9.17) is 18.1 Å². The number of hydrogen-bond donors (Lipinski definition) is 1. The van der Waals surface area contributed by atoms with E-state index in [0.29, 0.717) is 22.3 Å². The average Bonchev–Trinajstić information content (AvgIpc) is 3.02. The van der Waals surface area contributed by atoms with Gasteiger partial charge in [-0.25, -0.2) is 0 Å². The van der Waals surface area contributed by atoms with Crippen molar-refractivity contribution in [3.05, 3.63) is 144 Å². The van der Waals surface area contributed by atoms with Crippen molar-refractivity contribution in [2.24, 2.45) is 0 Å². The van der Waals surface area contributed by atoms with Crippen LogP contribution in [0.1, 0.15) is 28.7 Å². The normalized spacial score (nSPS) is 11.9. The summed E-state index contributed by atoms with van der Waals surface area (Å²) in [6.07, 6.45) is -0.832. The summed E-state index contributed by atoms with van der Waals surface area (Å²) in [5, 5.41) is 8.14. The molecule has 41 heavy (non-hydrogen) atoms. The summed E-state index contributed by atoms with van der Waals surface area (Å²) in [5.74, 6) is -1.35. The smallest absolute Gasteiger partial charge is 0.347 e. The van der Waals surface area contributed by atoms with Crippen molar-refractivity contribution in [2.75, 3.05) is 0 Å². The Kier molecular flexibility index (Phi) is 11.2. The van der Waals surface area contributed by atoms with Crippen molar-refractivity contribution >= 4 is 21.2 Å². The number of carbonyl (C=O) groups is 1. The second-order valence-electron chi connectivity index (χ2n) is 9.19. The predicted octanol–water partition coefficient (Wildman–Crippen LogP) is 8.04. The number of benzene rings is 4. The molecule has 0 aliphatic heterocycles. The van der Waals surface area contributed by atoms with Gasteiger partial charge in [0.15, 0.2) is 5.40 Å². The first-order valence-electron chi connectivity index (χ1n) is 13.0. The first-order valence-corrected chi connectivity index (χ1v) is 16.2. The molecule has 0 heterocycles. The highest BCUT2D eigenvalue weighted by Gasteiger charge is 2.52. The van der Waals surface area contributed by atoms with E-state index in [1.165, 1.54) is 0 Å². The molecule has 4 rings (SSSR count).